The zero-order valence-electron chi connectivity index (χ0n) is 10.3. The van der Waals surface area contributed by atoms with Gasteiger partial charge in [0.25, 0.3) is 0 Å². The van der Waals surface area contributed by atoms with Gasteiger partial charge in [-0.2, -0.15) is 0 Å². The summed E-state index contributed by atoms with van der Waals surface area (Å²) in [5.41, 5.74) is 2.23. The first-order valence-corrected chi connectivity index (χ1v) is 7.18. The second kappa shape index (κ2) is 5.87. The van der Waals surface area contributed by atoms with E-state index in [1.165, 1.54) is 24.9 Å². The Morgan fingerprint density at radius 2 is 2.29 bits per heavy atom. The topological polar surface area (TPSA) is 23.5 Å². The molecule has 0 aromatic heterocycles. The smallest absolute Gasteiger partial charge is 0.0682 e. The standard InChI is InChI=1S/C14H20BrNO/c1-2-11-4-3-7-16(9-11)14-6-5-12(10-17)8-13(14)15/h5-6,8,11,17H,2-4,7,9-10H2,1H3. The van der Waals surface area contributed by atoms with Crippen LogP contribution in [-0.2, 0) is 6.61 Å². The molecule has 2 nitrogen and oxygen atoms in total. The average molecular weight is 298 g/mol. The first kappa shape index (κ1) is 12.9. The molecule has 1 atom stereocenters. The highest BCUT2D eigenvalue weighted by Gasteiger charge is 2.20. The van der Waals surface area contributed by atoms with Crippen LogP contribution in [0.5, 0.6) is 0 Å². The second-order valence-corrected chi connectivity index (χ2v) is 5.66. The average Bonchev–Trinajstić information content (AvgIpc) is 2.38. The Kier molecular flexibility index (Phi) is 4.46. The van der Waals surface area contributed by atoms with Gasteiger partial charge in [0.1, 0.15) is 0 Å². The first-order chi connectivity index (χ1) is 8.24. The number of hydrogen-bond donors (Lipinski definition) is 1. The Hall–Kier alpha value is -0.540. The lowest BCUT2D eigenvalue weighted by molar-refractivity contribution is 0.282. The van der Waals surface area contributed by atoms with Crippen LogP contribution in [0, 0.1) is 5.92 Å². The van der Waals surface area contributed by atoms with Crippen LogP contribution in [0.25, 0.3) is 0 Å². The molecule has 17 heavy (non-hydrogen) atoms. The molecule has 0 radical (unpaired) electrons. The van der Waals surface area contributed by atoms with E-state index >= 15 is 0 Å². The van der Waals surface area contributed by atoms with E-state index in [0.29, 0.717) is 0 Å². The highest BCUT2D eigenvalue weighted by Crippen LogP contribution is 2.31. The molecule has 1 aliphatic heterocycles. The summed E-state index contributed by atoms with van der Waals surface area (Å²) < 4.78 is 1.10. The molecule has 0 saturated carbocycles. The van der Waals surface area contributed by atoms with Crippen LogP contribution in [0.3, 0.4) is 0 Å². The zero-order valence-corrected chi connectivity index (χ0v) is 11.9. The third-order valence-electron chi connectivity index (χ3n) is 3.63. The van der Waals surface area contributed by atoms with Crippen molar-refractivity contribution in [3.63, 3.8) is 0 Å². The number of anilines is 1. The number of hydrogen-bond acceptors (Lipinski definition) is 2. The fourth-order valence-corrected chi connectivity index (χ4v) is 3.20. The minimum Gasteiger partial charge on any atom is -0.392 e. The molecule has 0 aliphatic carbocycles. The molecule has 1 unspecified atom stereocenters. The molecule has 1 fully saturated rings. The quantitative estimate of drug-likeness (QED) is 0.922. The molecular weight excluding hydrogens is 278 g/mol. The van der Waals surface area contributed by atoms with Crippen LogP contribution in [0.4, 0.5) is 5.69 Å². The molecule has 0 spiro atoms. The fraction of sp³-hybridized carbons (Fsp3) is 0.571. The highest BCUT2D eigenvalue weighted by molar-refractivity contribution is 9.10. The Bertz CT molecular complexity index is 380. The molecule has 1 aliphatic rings. The van der Waals surface area contributed by atoms with Crippen molar-refractivity contribution in [2.75, 3.05) is 18.0 Å². The van der Waals surface area contributed by atoms with Gasteiger partial charge in [0.05, 0.1) is 12.3 Å². The van der Waals surface area contributed by atoms with Crippen molar-refractivity contribution in [1.29, 1.82) is 0 Å². The van der Waals surface area contributed by atoms with Gasteiger partial charge in [-0.1, -0.05) is 19.4 Å². The van der Waals surface area contributed by atoms with Crippen LogP contribution in [-0.4, -0.2) is 18.2 Å². The van der Waals surface area contributed by atoms with Crippen LogP contribution in [0.15, 0.2) is 22.7 Å². The van der Waals surface area contributed by atoms with Gasteiger partial charge in [-0.15, -0.1) is 0 Å². The molecule has 0 bridgehead atoms. The van der Waals surface area contributed by atoms with Crippen molar-refractivity contribution in [3.05, 3.63) is 28.2 Å². The highest BCUT2D eigenvalue weighted by atomic mass is 79.9. The van der Waals surface area contributed by atoms with Crippen LogP contribution >= 0.6 is 15.9 Å². The van der Waals surface area contributed by atoms with Crippen molar-refractivity contribution in [1.82, 2.24) is 0 Å². The summed E-state index contributed by atoms with van der Waals surface area (Å²) in [5.74, 6) is 0.827. The maximum absolute atomic E-state index is 9.11. The van der Waals surface area contributed by atoms with Gasteiger partial charge in [0.2, 0.25) is 0 Å². The van der Waals surface area contributed by atoms with E-state index in [2.05, 4.69) is 33.8 Å². The predicted molar refractivity (Wildman–Crippen MR) is 75.3 cm³/mol. The van der Waals surface area contributed by atoms with Crippen molar-refractivity contribution < 1.29 is 5.11 Å². The Labute approximate surface area is 112 Å². The number of piperidine rings is 1. The molecule has 1 heterocycles. The molecular formula is C14H20BrNO. The molecule has 2 rings (SSSR count). The summed E-state index contributed by atoms with van der Waals surface area (Å²) >= 11 is 3.61. The van der Waals surface area contributed by atoms with Gasteiger partial charge in [-0.3, -0.25) is 0 Å². The van der Waals surface area contributed by atoms with Crippen molar-refractivity contribution in [2.24, 2.45) is 5.92 Å². The molecule has 1 aromatic rings. The Morgan fingerprint density at radius 3 is 2.94 bits per heavy atom. The maximum Gasteiger partial charge on any atom is 0.0682 e. The van der Waals surface area contributed by atoms with E-state index in [1.807, 2.05) is 12.1 Å². The summed E-state index contributed by atoms with van der Waals surface area (Å²) in [6.07, 6.45) is 3.91. The number of rotatable bonds is 3. The molecule has 1 saturated heterocycles. The third kappa shape index (κ3) is 3.02. The molecule has 1 aromatic carbocycles. The van der Waals surface area contributed by atoms with E-state index in [4.69, 9.17) is 5.11 Å². The molecule has 94 valence electrons. The zero-order chi connectivity index (χ0) is 12.3. The van der Waals surface area contributed by atoms with E-state index in [1.54, 1.807) is 0 Å². The summed E-state index contributed by atoms with van der Waals surface area (Å²) in [6, 6.07) is 6.15. The fourth-order valence-electron chi connectivity index (χ4n) is 2.52. The van der Waals surface area contributed by atoms with Gasteiger partial charge in [0.15, 0.2) is 0 Å². The lowest BCUT2D eigenvalue weighted by atomic mass is 9.95. The van der Waals surface area contributed by atoms with Crippen LogP contribution < -0.4 is 4.90 Å². The van der Waals surface area contributed by atoms with Gasteiger partial charge in [0, 0.05) is 17.6 Å². The van der Waals surface area contributed by atoms with E-state index < -0.39 is 0 Å². The predicted octanol–water partition coefficient (Wildman–Crippen LogP) is 3.57. The van der Waals surface area contributed by atoms with Crippen molar-refractivity contribution >= 4 is 21.6 Å². The van der Waals surface area contributed by atoms with Crippen molar-refractivity contribution in [3.8, 4) is 0 Å². The Morgan fingerprint density at radius 1 is 1.47 bits per heavy atom. The van der Waals surface area contributed by atoms with Gasteiger partial charge < -0.3 is 10.0 Å². The summed E-state index contributed by atoms with van der Waals surface area (Å²) in [4.78, 5) is 2.46. The number of benzene rings is 1. The second-order valence-electron chi connectivity index (χ2n) is 4.81. The number of nitrogens with zero attached hydrogens (tertiary/aromatic N) is 1. The number of halogens is 1. The van der Waals surface area contributed by atoms with Gasteiger partial charge >= 0.3 is 0 Å². The lowest BCUT2D eigenvalue weighted by Gasteiger charge is -2.34. The number of aliphatic hydroxyl groups excluding tert-OH is 1. The maximum atomic E-state index is 9.11. The minimum atomic E-state index is 0.108. The van der Waals surface area contributed by atoms with Gasteiger partial charge in [-0.05, 0) is 52.4 Å². The molecule has 0 amide bonds. The van der Waals surface area contributed by atoms with E-state index in [9.17, 15) is 0 Å². The third-order valence-corrected chi connectivity index (χ3v) is 4.27. The Balaban J connectivity index is 2.16. The van der Waals surface area contributed by atoms with Crippen LogP contribution in [0.1, 0.15) is 31.7 Å². The number of aliphatic hydroxyl groups is 1. The van der Waals surface area contributed by atoms with Crippen molar-refractivity contribution in [2.45, 2.75) is 32.8 Å². The van der Waals surface area contributed by atoms with Crippen LogP contribution in [0.2, 0.25) is 0 Å². The largest absolute Gasteiger partial charge is 0.392 e. The monoisotopic (exact) mass is 297 g/mol. The van der Waals surface area contributed by atoms with Gasteiger partial charge in [-0.25, -0.2) is 0 Å². The summed E-state index contributed by atoms with van der Waals surface area (Å²) in [6.45, 7) is 4.69. The minimum absolute atomic E-state index is 0.108. The molecule has 3 heteroatoms. The first-order valence-electron chi connectivity index (χ1n) is 6.38. The van der Waals surface area contributed by atoms with E-state index in [-0.39, 0.29) is 6.61 Å². The lowest BCUT2D eigenvalue weighted by Crippen LogP contribution is -2.35. The molecule has 1 N–H and O–H groups in total. The summed E-state index contributed by atoms with van der Waals surface area (Å²) in [5, 5.41) is 9.11. The summed E-state index contributed by atoms with van der Waals surface area (Å²) in [7, 11) is 0. The normalized spacial score (nSPS) is 20.6. The van der Waals surface area contributed by atoms with E-state index in [0.717, 1.165) is 29.0 Å². The SMILES string of the molecule is CCC1CCCN(c2ccc(CO)cc2Br)C1.